The Bertz CT molecular complexity index is 2280. The fourth-order valence-electron chi connectivity index (χ4n) is 9.99. The van der Waals surface area contributed by atoms with Crippen molar-refractivity contribution in [3.63, 3.8) is 0 Å². The molecule has 4 aliphatic heterocycles. The molecule has 0 spiro atoms. The number of allylic oxidation sites excluding steroid dienone is 1. The number of hydrogen-bond acceptors (Lipinski definition) is 6. The Hall–Kier alpha value is -4.89. The molecule has 51 heavy (non-hydrogen) atoms. The highest BCUT2D eigenvalue weighted by Gasteiger charge is 2.47. The van der Waals surface area contributed by atoms with Crippen LogP contribution in [0.2, 0.25) is 0 Å². The lowest BCUT2D eigenvalue weighted by Crippen LogP contribution is -2.54. The summed E-state index contributed by atoms with van der Waals surface area (Å²) >= 11 is 0. The topological polar surface area (TPSA) is 101 Å². The zero-order valence-electron chi connectivity index (χ0n) is 29.7. The standard InChI is InChI=1S/C42H44N4O5/c1-5-24-19-45-15-14-27-26-10-6-8-12-34(26)43-39(27)36(45)17-29(24)31(41(47)49-3)16-25-20-46-21-32-23(2)51-22-33(42(48)50-4)30(32)18-37(46)40-38(25)28-11-7-9-13-35(28)44-40/h5-13,20,22-23,29-32,36,43H,14-19,21H2,1-4H3/p+1/b24-5+/t23-,29-,30+,31+,32-,36-/m0/s1. The molecule has 6 atom stereocenters. The molecule has 9 rings (SSSR count). The minimum absolute atomic E-state index is 0.0167. The van der Waals surface area contributed by atoms with E-state index in [-0.39, 0.29) is 47.8 Å². The fourth-order valence-corrected chi connectivity index (χ4v) is 9.99. The number of carbonyl (C=O) groups is 2. The molecule has 1 fully saturated rings. The van der Waals surface area contributed by atoms with E-state index in [4.69, 9.17) is 14.2 Å². The number of aromatic nitrogens is 3. The van der Waals surface area contributed by atoms with Crippen LogP contribution in [0.15, 0.2) is 78.2 Å². The van der Waals surface area contributed by atoms with Gasteiger partial charge in [-0.2, -0.15) is 4.57 Å². The molecule has 0 radical (unpaired) electrons. The van der Waals surface area contributed by atoms with Gasteiger partial charge in [-0.15, -0.1) is 0 Å². The smallest absolute Gasteiger partial charge is 0.337 e. The Morgan fingerprint density at radius 1 is 1.06 bits per heavy atom. The van der Waals surface area contributed by atoms with Gasteiger partial charge in [-0.05, 0) is 56.7 Å². The van der Waals surface area contributed by atoms with Gasteiger partial charge in [0.25, 0.3) is 0 Å². The summed E-state index contributed by atoms with van der Waals surface area (Å²) in [6, 6.07) is 17.2. The Balaban J connectivity index is 1.15. The quantitative estimate of drug-likeness (QED) is 0.129. The number of rotatable bonds is 5. The number of ether oxygens (including phenoxy) is 3. The van der Waals surface area contributed by atoms with Crippen molar-refractivity contribution in [3.8, 4) is 0 Å². The van der Waals surface area contributed by atoms with Gasteiger partial charge in [0.15, 0.2) is 12.7 Å². The molecule has 0 unspecified atom stereocenters. The van der Waals surface area contributed by atoms with E-state index in [1.165, 1.54) is 42.0 Å². The molecule has 1 saturated heterocycles. The highest BCUT2D eigenvalue weighted by atomic mass is 16.5. The van der Waals surface area contributed by atoms with Crippen LogP contribution >= 0.6 is 0 Å². The van der Waals surface area contributed by atoms with E-state index >= 15 is 0 Å². The number of aromatic amines is 2. The molecule has 9 heteroatoms. The maximum absolute atomic E-state index is 14.1. The van der Waals surface area contributed by atoms with Crippen LogP contribution in [0.5, 0.6) is 0 Å². The van der Waals surface area contributed by atoms with Crippen molar-refractivity contribution in [2.75, 3.05) is 27.3 Å². The molecule has 2 aromatic carbocycles. The molecular weight excluding hydrogens is 640 g/mol. The molecule has 262 valence electrons. The lowest BCUT2D eigenvalue weighted by Gasteiger charge is -2.45. The SMILES string of the molecule is C/C=C1\CN2CCc3c([nH]c4ccccc34)[C@@H]2C[C@@H]1[C@@H](Cc1c[n+]2c(c3[nH]c4ccccc4c13)C[C@H]1C(C(=O)OC)=CO[C@@H](C)[C@@H]1C2)C(=O)OC. The first-order valence-corrected chi connectivity index (χ1v) is 18.3. The van der Waals surface area contributed by atoms with Crippen LogP contribution in [0.1, 0.15) is 48.8 Å². The van der Waals surface area contributed by atoms with Gasteiger partial charge in [-0.1, -0.05) is 48.0 Å². The van der Waals surface area contributed by atoms with Gasteiger partial charge >= 0.3 is 11.9 Å². The summed E-state index contributed by atoms with van der Waals surface area (Å²) in [5.41, 5.74) is 10.2. The van der Waals surface area contributed by atoms with E-state index in [9.17, 15) is 9.59 Å². The normalized spacial score (nSPS) is 25.8. The van der Waals surface area contributed by atoms with Crippen LogP contribution in [-0.2, 0) is 49.6 Å². The van der Waals surface area contributed by atoms with Crippen LogP contribution in [0, 0.1) is 23.7 Å². The summed E-state index contributed by atoms with van der Waals surface area (Å²) in [5.74, 6) is -0.764. The molecule has 4 aliphatic rings. The maximum Gasteiger partial charge on any atom is 0.337 e. The van der Waals surface area contributed by atoms with E-state index in [0.717, 1.165) is 59.0 Å². The summed E-state index contributed by atoms with van der Waals surface area (Å²) in [4.78, 5) is 37.1. The number of esters is 2. The second-order valence-corrected chi connectivity index (χ2v) is 14.9. The number of methoxy groups -OCH3 is 2. The third-order valence-corrected chi connectivity index (χ3v) is 12.6. The molecule has 0 saturated carbocycles. The van der Waals surface area contributed by atoms with Crippen molar-refractivity contribution >= 4 is 44.6 Å². The van der Waals surface area contributed by atoms with Crippen LogP contribution < -0.4 is 4.57 Å². The summed E-state index contributed by atoms with van der Waals surface area (Å²) in [6.07, 6.45) is 9.15. The van der Waals surface area contributed by atoms with Gasteiger partial charge in [-0.3, -0.25) is 9.69 Å². The number of nitrogens with zero attached hydrogens (tertiary/aromatic N) is 2. The number of carbonyl (C=O) groups excluding carboxylic acids is 2. The first-order chi connectivity index (χ1) is 24.9. The first-order valence-electron chi connectivity index (χ1n) is 18.3. The number of pyridine rings is 1. The van der Waals surface area contributed by atoms with Crippen LogP contribution in [0.3, 0.4) is 0 Å². The van der Waals surface area contributed by atoms with Crippen LogP contribution in [-0.4, -0.2) is 60.2 Å². The number of nitrogens with one attached hydrogen (secondary N) is 2. The predicted octanol–water partition coefficient (Wildman–Crippen LogP) is 6.25. The number of para-hydroxylation sites is 2. The molecular formula is C42H45N4O5+. The summed E-state index contributed by atoms with van der Waals surface area (Å²) < 4.78 is 19.2. The Kier molecular flexibility index (Phi) is 7.80. The van der Waals surface area contributed by atoms with Gasteiger partial charge < -0.3 is 24.2 Å². The average molecular weight is 686 g/mol. The van der Waals surface area contributed by atoms with Crippen molar-refractivity contribution in [1.29, 1.82) is 0 Å². The van der Waals surface area contributed by atoms with Crippen molar-refractivity contribution in [1.82, 2.24) is 14.9 Å². The Morgan fingerprint density at radius 3 is 2.59 bits per heavy atom. The Labute approximate surface area is 297 Å². The molecule has 0 aliphatic carbocycles. The van der Waals surface area contributed by atoms with E-state index in [1.807, 2.05) is 0 Å². The molecule has 3 aromatic heterocycles. The molecule has 0 amide bonds. The predicted molar refractivity (Wildman–Crippen MR) is 195 cm³/mol. The lowest BCUT2D eigenvalue weighted by molar-refractivity contribution is -0.718. The molecule has 0 bridgehead atoms. The van der Waals surface area contributed by atoms with Crippen molar-refractivity contribution in [2.45, 2.75) is 58.2 Å². The number of piperidine rings is 1. The van der Waals surface area contributed by atoms with Crippen molar-refractivity contribution in [3.05, 3.63) is 101 Å². The average Bonchev–Trinajstić information content (AvgIpc) is 3.75. The number of benzene rings is 2. The summed E-state index contributed by atoms with van der Waals surface area (Å²) in [6.45, 7) is 6.73. The Morgan fingerprint density at radius 2 is 1.82 bits per heavy atom. The number of H-pyrrole nitrogens is 2. The van der Waals surface area contributed by atoms with Gasteiger partial charge in [0.2, 0.25) is 5.69 Å². The lowest BCUT2D eigenvalue weighted by atomic mass is 9.73. The fraction of sp³-hybridized carbons (Fsp3) is 0.405. The van der Waals surface area contributed by atoms with Gasteiger partial charge in [0.05, 0.1) is 43.9 Å². The second-order valence-electron chi connectivity index (χ2n) is 14.9. The minimum atomic E-state index is -0.365. The zero-order chi connectivity index (χ0) is 35.0. The highest BCUT2D eigenvalue weighted by Crippen LogP contribution is 2.47. The molecule has 9 nitrogen and oxygen atoms in total. The highest BCUT2D eigenvalue weighted by molar-refractivity contribution is 6.09. The monoisotopic (exact) mass is 685 g/mol. The third-order valence-electron chi connectivity index (χ3n) is 12.6. The molecule has 5 aromatic rings. The molecule has 2 N–H and O–H groups in total. The maximum atomic E-state index is 14.1. The molecule has 7 heterocycles. The first kappa shape index (κ1) is 32.0. The zero-order valence-corrected chi connectivity index (χ0v) is 29.7. The van der Waals surface area contributed by atoms with E-state index < -0.39 is 0 Å². The minimum Gasteiger partial charge on any atom is -0.497 e. The summed E-state index contributed by atoms with van der Waals surface area (Å²) in [5, 5.41) is 3.59. The van der Waals surface area contributed by atoms with Crippen LogP contribution in [0.4, 0.5) is 0 Å². The van der Waals surface area contributed by atoms with Crippen LogP contribution in [0.25, 0.3) is 32.7 Å². The summed E-state index contributed by atoms with van der Waals surface area (Å²) in [7, 11) is 2.95. The van der Waals surface area contributed by atoms with Gasteiger partial charge in [-0.25, -0.2) is 4.79 Å². The van der Waals surface area contributed by atoms with Crippen molar-refractivity contribution < 1.29 is 28.4 Å². The van der Waals surface area contributed by atoms with E-state index in [0.29, 0.717) is 25.0 Å². The largest absolute Gasteiger partial charge is 0.497 e. The van der Waals surface area contributed by atoms with Gasteiger partial charge in [0.1, 0.15) is 11.6 Å². The number of hydrogen-bond donors (Lipinski definition) is 2. The third kappa shape index (κ3) is 5.03. The second kappa shape index (κ2) is 12.4. The number of fused-ring (bicyclic) bond motifs is 11. The van der Waals surface area contributed by atoms with E-state index in [1.54, 1.807) is 6.26 Å². The van der Waals surface area contributed by atoms with Gasteiger partial charge in [0, 0.05) is 63.9 Å². The van der Waals surface area contributed by atoms with E-state index in [2.05, 4.69) is 94.1 Å². The van der Waals surface area contributed by atoms with Crippen molar-refractivity contribution in [2.24, 2.45) is 23.7 Å².